The number of aromatic nitrogens is 3. The molecule has 0 aliphatic heterocycles. The first kappa shape index (κ1) is 11.6. The van der Waals surface area contributed by atoms with Crippen LogP contribution in [0.5, 0.6) is 5.75 Å². The van der Waals surface area contributed by atoms with Crippen LogP contribution < -0.4 is 10.5 Å². The van der Waals surface area contributed by atoms with E-state index < -0.39 is 0 Å². The van der Waals surface area contributed by atoms with Crippen molar-refractivity contribution in [3.05, 3.63) is 42.0 Å². The van der Waals surface area contributed by atoms with Crippen LogP contribution in [-0.2, 0) is 13.7 Å². The summed E-state index contributed by atoms with van der Waals surface area (Å²) in [5.41, 5.74) is 6.87. The number of ether oxygens (including phenoxy) is 1. The molecule has 0 radical (unpaired) electrons. The molecule has 90 valence electrons. The SMILES string of the molecule is C[C@@H](N)c1ccc(OCc2ncnn2C)cc1. The van der Waals surface area contributed by atoms with Crippen LogP contribution in [0.2, 0.25) is 0 Å². The number of hydrogen-bond acceptors (Lipinski definition) is 4. The van der Waals surface area contributed by atoms with Crippen molar-refractivity contribution in [3.8, 4) is 5.75 Å². The maximum absolute atomic E-state index is 5.77. The third-order valence-corrected chi connectivity index (χ3v) is 2.58. The molecule has 1 aromatic carbocycles. The molecule has 0 fully saturated rings. The molecule has 2 aromatic rings. The fraction of sp³-hybridized carbons (Fsp3) is 0.333. The van der Waals surface area contributed by atoms with Gasteiger partial charge in [-0.15, -0.1) is 0 Å². The van der Waals surface area contributed by atoms with Crippen LogP contribution in [0.1, 0.15) is 24.4 Å². The van der Waals surface area contributed by atoms with Gasteiger partial charge in [0.2, 0.25) is 0 Å². The number of nitrogens with zero attached hydrogens (tertiary/aromatic N) is 3. The summed E-state index contributed by atoms with van der Waals surface area (Å²) in [6.07, 6.45) is 1.51. The van der Waals surface area contributed by atoms with E-state index in [0.717, 1.165) is 17.1 Å². The minimum atomic E-state index is 0.0443. The molecular weight excluding hydrogens is 216 g/mol. The third-order valence-electron chi connectivity index (χ3n) is 2.58. The van der Waals surface area contributed by atoms with Gasteiger partial charge in [0.05, 0.1) is 0 Å². The molecule has 5 heteroatoms. The zero-order chi connectivity index (χ0) is 12.3. The van der Waals surface area contributed by atoms with E-state index in [2.05, 4.69) is 10.1 Å². The molecular formula is C12H16N4O. The molecule has 1 heterocycles. The number of rotatable bonds is 4. The van der Waals surface area contributed by atoms with Crippen LogP contribution in [0, 0.1) is 0 Å². The van der Waals surface area contributed by atoms with Crippen molar-refractivity contribution in [3.63, 3.8) is 0 Å². The minimum absolute atomic E-state index is 0.0443. The van der Waals surface area contributed by atoms with E-state index in [0.29, 0.717) is 6.61 Å². The lowest BCUT2D eigenvalue weighted by Crippen LogP contribution is -2.06. The van der Waals surface area contributed by atoms with Crippen molar-refractivity contribution in [2.24, 2.45) is 12.8 Å². The van der Waals surface area contributed by atoms with E-state index in [4.69, 9.17) is 10.5 Å². The third kappa shape index (κ3) is 2.82. The summed E-state index contributed by atoms with van der Waals surface area (Å²) in [5.74, 6) is 1.60. The van der Waals surface area contributed by atoms with E-state index >= 15 is 0 Å². The maximum Gasteiger partial charge on any atom is 0.164 e. The summed E-state index contributed by atoms with van der Waals surface area (Å²) in [6, 6.07) is 7.81. The predicted molar refractivity (Wildman–Crippen MR) is 64.4 cm³/mol. The molecule has 5 nitrogen and oxygen atoms in total. The summed E-state index contributed by atoms with van der Waals surface area (Å²) < 4.78 is 7.29. The standard InChI is InChI=1S/C12H16N4O/c1-9(13)10-3-5-11(6-4-10)17-7-12-14-8-15-16(12)2/h3-6,8-9H,7,13H2,1-2H3/t9-/m1/s1. The fourth-order valence-corrected chi connectivity index (χ4v) is 1.47. The van der Waals surface area contributed by atoms with Gasteiger partial charge in [0, 0.05) is 13.1 Å². The molecule has 0 aliphatic carbocycles. The van der Waals surface area contributed by atoms with Gasteiger partial charge in [0.15, 0.2) is 5.82 Å². The van der Waals surface area contributed by atoms with Gasteiger partial charge in [-0.25, -0.2) is 4.98 Å². The van der Waals surface area contributed by atoms with Crippen molar-refractivity contribution in [2.75, 3.05) is 0 Å². The molecule has 0 saturated carbocycles. The quantitative estimate of drug-likeness (QED) is 0.865. The van der Waals surface area contributed by atoms with Crippen LogP contribution >= 0.6 is 0 Å². The summed E-state index contributed by atoms with van der Waals surface area (Å²) in [6.45, 7) is 2.36. The molecule has 17 heavy (non-hydrogen) atoms. The van der Waals surface area contributed by atoms with Gasteiger partial charge in [-0.2, -0.15) is 5.10 Å². The molecule has 1 atom stereocenters. The molecule has 0 amide bonds. The summed E-state index contributed by atoms with van der Waals surface area (Å²) in [5, 5.41) is 3.98. The minimum Gasteiger partial charge on any atom is -0.486 e. The van der Waals surface area contributed by atoms with Crippen molar-refractivity contribution in [1.82, 2.24) is 14.8 Å². The lowest BCUT2D eigenvalue weighted by molar-refractivity contribution is 0.289. The van der Waals surface area contributed by atoms with Gasteiger partial charge < -0.3 is 10.5 Å². The van der Waals surface area contributed by atoms with Gasteiger partial charge in [0.1, 0.15) is 18.7 Å². The number of hydrogen-bond donors (Lipinski definition) is 1. The highest BCUT2D eigenvalue weighted by Gasteiger charge is 2.03. The number of benzene rings is 1. The summed E-state index contributed by atoms with van der Waals surface area (Å²) >= 11 is 0. The van der Waals surface area contributed by atoms with Crippen molar-refractivity contribution < 1.29 is 4.74 Å². The van der Waals surface area contributed by atoms with E-state index in [9.17, 15) is 0 Å². The Balaban J connectivity index is 1.98. The highest BCUT2D eigenvalue weighted by Crippen LogP contribution is 2.16. The van der Waals surface area contributed by atoms with Crippen molar-refractivity contribution >= 4 is 0 Å². The molecule has 0 bridgehead atoms. The van der Waals surface area contributed by atoms with Crippen LogP contribution in [-0.4, -0.2) is 14.8 Å². The van der Waals surface area contributed by atoms with Gasteiger partial charge in [0.25, 0.3) is 0 Å². The zero-order valence-electron chi connectivity index (χ0n) is 10.00. The van der Waals surface area contributed by atoms with Crippen LogP contribution in [0.15, 0.2) is 30.6 Å². The predicted octanol–water partition coefficient (Wildman–Crippen LogP) is 1.41. The second kappa shape index (κ2) is 4.97. The van der Waals surface area contributed by atoms with Crippen molar-refractivity contribution in [1.29, 1.82) is 0 Å². The van der Waals surface area contributed by atoms with Crippen molar-refractivity contribution in [2.45, 2.75) is 19.6 Å². The van der Waals surface area contributed by atoms with Gasteiger partial charge >= 0.3 is 0 Å². The lowest BCUT2D eigenvalue weighted by Gasteiger charge is -2.08. The first-order chi connectivity index (χ1) is 8.16. The molecule has 1 aromatic heterocycles. The highest BCUT2D eigenvalue weighted by molar-refractivity contribution is 5.28. The Morgan fingerprint density at radius 3 is 2.59 bits per heavy atom. The Hall–Kier alpha value is -1.88. The van der Waals surface area contributed by atoms with Gasteiger partial charge in [-0.05, 0) is 24.6 Å². The van der Waals surface area contributed by atoms with Crippen LogP contribution in [0.3, 0.4) is 0 Å². The van der Waals surface area contributed by atoms with Crippen LogP contribution in [0.25, 0.3) is 0 Å². The zero-order valence-corrected chi connectivity index (χ0v) is 10.00. The lowest BCUT2D eigenvalue weighted by atomic mass is 10.1. The maximum atomic E-state index is 5.77. The molecule has 0 aliphatic rings. The van der Waals surface area contributed by atoms with E-state index in [-0.39, 0.29) is 6.04 Å². The topological polar surface area (TPSA) is 66.0 Å². The molecule has 0 unspecified atom stereocenters. The van der Waals surface area contributed by atoms with E-state index in [1.807, 2.05) is 38.2 Å². The first-order valence-corrected chi connectivity index (χ1v) is 5.48. The van der Waals surface area contributed by atoms with Crippen LogP contribution in [0.4, 0.5) is 0 Å². The number of aryl methyl sites for hydroxylation is 1. The highest BCUT2D eigenvalue weighted by atomic mass is 16.5. The Morgan fingerprint density at radius 1 is 1.35 bits per heavy atom. The Bertz CT molecular complexity index is 476. The Labute approximate surface area is 100 Å². The molecule has 2 rings (SSSR count). The van der Waals surface area contributed by atoms with Gasteiger partial charge in [-0.3, -0.25) is 4.68 Å². The molecule has 0 spiro atoms. The van der Waals surface area contributed by atoms with E-state index in [1.165, 1.54) is 6.33 Å². The Kier molecular flexibility index (Phi) is 3.39. The first-order valence-electron chi connectivity index (χ1n) is 5.48. The normalized spacial score (nSPS) is 12.4. The monoisotopic (exact) mass is 232 g/mol. The number of nitrogens with two attached hydrogens (primary N) is 1. The fourth-order valence-electron chi connectivity index (χ4n) is 1.47. The molecule has 0 saturated heterocycles. The summed E-state index contributed by atoms with van der Waals surface area (Å²) in [7, 11) is 1.84. The van der Waals surface area contributed by atoms with E-state index in [1.54, 1.807) is 4.68 Å². The second-order valence-corrected chi connectivity index (χ2v) is 3.95. The van der Waals surface area contributed by atoms with Gasteiger partial charge in [-0.1, -0.05) is 12.1 Å². The average Bonchev–Trinajstić information content (AvgIpc) is 2.73. The Morgan fingerprint density at radius 2 is 2.06 bits per heavy atom. The second-order valence-electron chi connectivity index (χ2n) is 3.95. The largest absolute Gasteiger partial charge is 0.486 e. The summed E-state index contributed by atoms with van der Waals surface area (Å²) in [4.78, 5) is 4.08. The average molecular weight is 232 g/mol. The molecule has 2 N–H and O–H groups in total. The smallest absolute Gasteiger partial charge is 0.164 e.